The first-order valence-electron chi connectivity index (χ1n) is 12.9. The van der Waals surface area contributed by atoms with Crippen molar-refractivity contribution in [3.63, 3.8) is 0 Å². The summed E-state index contributed by atoms with van der Waals surface area (Å²) in [5, 5.41) is -0.0807. The van der Waals surface area contributed by atoms with Crippen LogP contribution in [0.4, 0.5) is 5.82 Å². The van der Waals surface area contributed by atoms with E-state index in [1.54, 1.807) is 0 Å². The quantitative estimate of drug-likeness (QED) is 0.867. The van der Waals surface area contributed by atoms with Crippen molar-refractivity contribution >= 4 is 22.8 Å². The van der Waals surface area contributed by atoms with Crippen LogP contribution in [0, 0.1) is 19.4 Å². The van der Waals surface area contributed by atoms with Crippen LogP contribution >= 0.6 is 0 Å². The number of likely N-dealkylation sites (N-methyl/N-ethyl adjacent to an activating group) is 1. The number of aryl methyl sites for hydroxylation is 1. The van der Waals surface area contributed by atoms with Crippen LogP contribution in [0.1, 0.15) is 35.4 Å². The van der Waals surface area contributed by atoms with Crippen molar-refractivity contribution in [2.45, 2.75) is 26.2 Å². The van der Waals surface area contributed by atoms with Crippen molar-refractivity contribution in [2.24, 2.45) is 5.89 Å². The SMILES string of the molecule is [2H]c1nc(N(C)[C@H]2C([2H])([2H])N(C(=O)C[N+]#[C-])C([2H])([2H])C([2H])([2H])[C@@]2([2H])C([2H])([2H])[2H])c2c([2H])c(C)[nH]c2n1. The molecule has 3 rings (SSSR count). The minimum Gasteiger partial charge on any atom is -0.354 e. The topological polar surface area (TPSA) is 69.5 Å². The summed E-state index contributed by atoms with van der Waals surface area (Å²) >= 11 is 0. The molecule has 1 aliphatic rings. The molecule has 2 aromatic heterocycles. The van der Waals surface area contributed by atoms with Gasteiger partial charge in [-0.3, -0.25) is 4.79 Å². The minimum atomic E-state index is -3.72. The lowest BCUT2D eigenvalue weighted by molar-refractivity contribution is -0.130. The Morgan fingerprint density at radius 2 is 2.58 bits per heavy atom. The number of likely N-dealkylation sites (tertiary alicyclic amines) is 1. The first-order chi connectivity index (χ1) is 16.2. The van der Waals surface area contributed by atoms with E-state index < -0.39 is 62.7 Å². The number of anilines is 1. The Labute approximate surface area is 158 Å². The highest BCUT2D eigenvalue weighted by Gasteiger charge is 2.33. The summed E-state index contributed by atoms with van der Waals surface area (Å²) in [6.45, 7) is -3.34. The predicted octanol–water partition coefficient (Wildman–Crippen LogP) is 1.86. The summed E-state index contributed by atoms with van der Waals surface area (Å²) in [6.07, 6.45) is -4.34. The Hall–Kier alpha value is -2.62. The van der Waals surface area contributed by atoms with E-state index in [0.717, 1.165) is 11.9 Å². The Morgan fingerprint density at radius 3 is 3.33 bits per heavy atom. The van der Waals surface area contributed by atoms with E-state index in [0.29, 0.717) is 0 Å². The Kier molecular flexibility index (Phi) is 1.91. The molecule has 24 heavy (non-hydrogen) atoms. The van der Waals surface area contributed by atoms with Crippen molar-refractivity contribution in [2.75, 3.05) is 31.5 Å². The van der Waals surface area contributed by atoms with Gasteiger partial charge in [0, 0.05) is 36.7 Å². The summed E-state index contributed by atoms with van der Waals surface area (Å²) in [7, 11) is 1.05. The number of aromatic amines is 1. The first-order valence-corrected chi connectivity index (χ1v) is 6.92. The van der Waals surface area contributed by atoms with Gasteiger partial charge in [0.25, 0.3) is 6.54 Å². The summed E-state index contributed by atoms with van der Waals surface area (Å²) in [5.74, 6) is -5.42. The number of hydrogen-bond donors (Lipinski definition) is 1. The zero-order chi connectivity index (χ0) is 27.8. The smallest absolute Gasteiger partial charge is 0.302 e. The fraction of sp³-hybridized carbons (Fsp3) is 0.529. The number of nitrogens with one attached hydrogen (secondary N) is 1. The molecule has 1 fully saturated rings. The average Bonchev–Trinajstić information content (AvgIpc) is 2.98. The first kappa shape index (κ1) is 7.09. The van der Waals surface area contributed by atoms with Crippen molar-refractivity contribution in [1.82, 2.24) is 19.9 Å². The fourth-order valence-electron chi connectivity index (χ4n) is 2.28. The van der Waals surface area contributed by atoms with E-state index in [2.05, 4.69) is 19.8 Å². The van der Waals surface area contributed by atoms with Crippen LogP contribution in [0.5, 0.6) is 0 Å². The number of carbonyl (C=O) groups is 1. The second kappa shape index (κ2) is 6.48. The minimum absolute atomic E-state index is 0.0283. The third kappa shape index (κ3) is 2.92. The van der Waals surface area contributed by atoms with Crippen LogP contribution in [0.2, 0.25) is 0 Å². The van der Waals surface area contributed by atoms with Gasteiger partial charge in [-0.2, -0.15) is 0 Å². The molecule has 1 N–H and O–H groups in total. The number of piperidine rings is 1. The number of H-pyrrole nitrogens is 1. The van der Waals surface area contributed by atoms with Crippen molar-refractivity contribution in [1.29, 1.82) is 0 Å². The zero-order valence-electron chi connectivity index (χ0n) is 24.9. The molecule has 0 aliphatic carbocycles. The molecule has 1 amide bonds. The van der Waals surface area contributed by atoms with Crippen LogP contribution in [0.15, 0.2) is 12.3 Å². The van der Waals surface area contributed by atoms with Crippen LogP contribution in [0.25, 0.3) is 15.9 Å². The second-order valence-corrected chi connectivity index (χ2v) is 5.08. The largest absolute Gasteiger partial charge is 0.354 e. The molecule has 0 bridgehead atoms. The maximum Gasteiger partial charge on any atom is 0.302 e. The molecule has 0 radical (unpaired) electrons. The fourth-order valence-corrected chi connectivity index (χ4v) is 2.28. The highest BCUT2D eigenvalue weighted by molar-refractivity contribution is 5.88. The number of hydrogen-bond acceptors (Lipinski definition) is 4. The third-order valence-corrected chi connectivity index (χ3v) is 3.41. The number of amides is 1. The molecular formula is C17H22N6O. The Morgan fingerprint density at radius 1 is 1.75 bits per heavy atom. The lowest BCUT2D eigenvalue weighted by Crippen LogP contribution is -2.53. The van der Waals surface area contributed by atoms with Crippen LogP contribution < -0.4 is 4.90 Å². The van der Waals surface area contributed by atoms with Gasteiger partial charge in [0.1, 0.15) is 19.1 Å². The van der Waals surface area contributed by atoms with Gasteiger partial charge in [0.05, 0.1) is 15.5 Å². The summed E-state index contributed by atoms with van der Waals surface area (Å²) in [4.78, 5) is 26.6. The molecule has 7 nitrogen and oxygen atoms in total. The molecule has 1 saturated heterocycles. The van der Waals surface area contributed by atoms with E-state index in [1.807, 2.05) is 0 Å². The molecule has 0 aromatic carbocycles. The lowest BCUT2D eigenvalue weighted by Gasteiger charge is -2.41. The molecule has 2 aromatic rings. The average molecular weight is 338 g/mol. The molecule has 126 valence electrons. The predicted molar refractivity (Wildman–Crippen MR) is 92.6 cm³/mol. The normalized spacial score (nSPS) is 38.0. The van der Waals surface area contributed by atoms with E-state index in [1.165, 1.54) is 6.92 Å². The molecule has 1 aliphatic heterocycles. The van der Waals surface area contributed by atoms with Crippen molar-refractivity contribution < 1.29 is 21.2 Å². The van der Waals surface area contributed by atoms with E-state index in [-0.39, 0.29) is 27.7 Å². The Balaban J connectivity index is 2.44. The molecule has 0 spiro atoms. The van der Waals surface area contributed by atoms with E-state index >= 15 is 0 Å². The molecule has 7 heteroatoms. The highest BCUT2D eigenvalue weighted by Crippen LogP contribution is 2.29. The van der Waals surface area contributed by atoms with Gasteiger partial charge >= 0.3 is 5.91 Å². The number of nitrogens with zero attached hydrogens (tertiary/aromatic N) is 5. The maximum absolute atomic E-state index is 12.8. The number of carbonyl (C=O) groups excluding carboxylic acids is 1. The zero-order valence-corrected chi connectivity index (χ0v) is 12.9. The molecular weight excluding hydrogens is 304 g/mol. The van der Waals surface area contributed by atoms with Gasteiger partial charge in [-0.1, -0.05) is 6.85 Å². The van der Waals surface area contributed by atoms with Crippen LogP contribution in [-0.4, -0.2) is 58.4 Å². The summed E-state index contributed by atoms with van der Waals surface area (Å²) in [6, 6.07) is -2.65. The Bertz CT molecular complexity index is 1270. The number of fused-ring (bicyclic) bond motifs is 1. The van der Waals surface area contributed by atoms with Gasteiger partial charge in [-0.25, -0.2) is 16.5 Å². The monoisotopic (exact) mass is 338 g/mol. The van der Waals surface area contributed by atoms with Gasteiger partial charge in [0.2, 0.25) is 0 Å². The standard InChI is InChI=1S/C17H22N6O/c1-11-5-6-23(15(24)8-18-3)9-14(11)22(4)17-13-7-12(2)21-16(13)19-10-20-17/h7,10-11,14H,5-6,8-9H2,1-2,4H3,(H,19,20,21)/t11-,14+/m1/s1/i1D3,5D2,6D2,7D,9D2,10D,11D. The molecule has 2 atom stereocenters. The van der Waals surface area contributed by atoms with Gasteiger partial charge in [-0.15, -0.1) is 0 Å². The number of aromatic nitrogens is 3. The van der Waals surface area contributed by atoms with Crippen LogP contribution in [-0.2, 0) is 4.79 Å². The van der Waals surface area contributed by atoms with Gasteiger partial charge in [-0.05, 0) is 25.2 Å². The van der Waals surface area contributed by atoms with E-state index in [4.69, 9.17) is 23.0 Å². The van der Waals surface area contributed by atoms with Gasteiger partial charge < -0.3 is 19.6 Å². The highest BCUT2D eigenvalue weighted by atomic mass is 16.2. The number of rotatable bonds is 3. The lowest BCUT2D eigenvalue weighted by atomic mass is 9.92. The van der Waals surface area contributed by atoms with E-state index in [9.17, 15) is 4.79 Å². The second-order valence-electron chi connectivity index (χ2n) is 5.08. The maximum atomic E-state index is 12.8. The summed E-state index contributed by atoms with van der Waals surface area (Å²) in [5.41, 5.74) is 0.249. The third-order valence-electron chi connectivity index (χ3n) is 3.41. The summed E-state index contributed by atoms with van der Waals surface area (Å²) < 4.78 is 100. The van der Waals surface area contributed by atoms with Crippen LogP contribution in [0.3, 0.4) is 0 Å². The van der Waals surface area contributed by atoms with Crippen molar-refractivity contribution in [3.05, 3.63) is 29.5 Å². The molecule has 0 unspecified atom stereocenters. The molecule has 3 heterocycles. The van der Waals surface area contributed by atoms with Crippen molar-refractivity contribution in [3.8, 4) is 0 Å². The molecule has 0 saturated carbocycles. The van der Waals surface area contributed by atoms with Gasteiger partial charge in [0.15, 0.2) is 0 Å².